The van der Waals surface area contributed by atoms with E-state index in [1.807, 2.05) is 13.0 Å². The van der Waals surface area contributed by atoms with Crippen molar-refractivity contribution < 1.29 is 29.0 Å². The normalized spacial score (nSPS) is 16.6. The number of ketones is 1. The number of Topliss-reactive ketones (excluding diaryl/α,β-unsaturated/α-hetero) is 1. The lowest BCUT2D eigenvalue weighted by Crippen LogP contribution is -2.29. The second kappa shape index (κ2) is 11.6. The molecule has 8 nitrogen and oxygen atoms in total. The van der Waals surface area contributed by atoms with E-state index in [0.29, 0.717) is 29.2 Å². The van der Waals surface area contributed by atoms with Gasteiger partial charge in [-0.15, -0.1) is 0 Å². The number of carbonyl (C=O) groups excluding carboxylic acids is 3. The SMILES string of the molecule is CCCCOc1ccc(/C(O)=C2/C(=O)C(=O)N(c3nc(C)c(C(=O)OCC)s3)C2c2ccccc2)cc1C. The molecule has 0 spiro atoms. The molecule has 198 valence electrons. The average molecular weight is 535 g/mol. The van der Waals surface area contributed by atoms with Gasteiger partial charge in [-0.2, -0.15) is 0 Å². The first-order chi connectivity index (χ1) is 18.3. The second-order valence-corrected chi connectivity index (χ2v) is 9.87. The largest absolute Gasteiger partial charge is 0.507 e. The number of unbranched alkanes of at least 4 members (excludes halogenated alkanes) is 1. The van der Waals surface area contributed by atoms with E-state index < -0.39 is 23.7 Å². The fraction of sp³-hybridized carbons (Fsp3) is 0.310. The molecule has 4 rings (SSSR count). The molecule has 1 aromatic heterocycles. The molecule has 1 atom stereocenters. The van der Waals surface area contributed by atoms with E-state index in [2.05, 4.69) is 11.9 Å². The number of rotatable bonds is 9. The van der Waals surface area contributed by atoms with E-state index in [-0.39, 0.29) is 27.9 Å². The maximum Gasteiger partial charge on any atom is 0.350 e. The van der Waals surface area contributed by atoms with Crippen LogP contribution in [0.2, 0.25) is 0 Å². The Labute approximate surface area is 225 Å². The molecule has 9 heteroatoms. The van der Waals surface area contributed by atoms with Gasteiger partial charge in [0.05, 0.1) is 30.5 Å². The van der Waals surface area contributed by atoms with E-state index in [1.165, 1.54) is 4.90 Å². The van der Waals surface area contributed by atoms with Crippen molar-refractivity contribution in [3.05, 3.63) is 81.4 Å². The van der Waals surface area contributed by atoms with Crippen molar-refractivity contribution in [2.24, 2.45) is 0 Å². The molecule has 1 saturated heterocycles. The number of esters is 1. The molecule has 38 heavy (non-hydrogen) atoms. The zero-order valence-corrected chi connectivity index (χ0v) is 22.6. The number of hydrogen-bond donors (Lipinski definition) is 1. The quantitative estimate of drug-likeness (QED) is 0.123. The highest BCUT2D eigenvalue weighted by atomic mass is 32.1. The van der Waals surface area contributed by atoms with Gasteiger partial charge in [0.25, 0.3) is 5.78 Å². The minimum atomic E-state index is -0.933. The average Bonchev–Trinajstić information content (AvgIpc) is 3.42. The van der Waals surface area contributed by atoms with Crippen molar-refractivity contribution in [1.29, 1.82) is 0 Å². The summed E-state index contributed by atoms with van der Waals surface area (Å²) in [5.41, 5.74) is 2.16. The lowest BCUT2D eigenvalue weighted by molar-refractivity contribution is -0.132. The molecule has 0 saturated carbocycles. The summed E-state index contributed by atoms with van der Waals surface area (Å²) in [6.45, 7) is 8.08. The Balaban J connectivity index is 1.81. The molecule has 2 aromatic carbocycles. The molecule has 1 N–H and O–H groups in total. The highest BCUT2D eigenvalue weighted by molar-refractivity contribution is 7.17. The fourth-order valence-electron chi connectivity index (χ4n) is 4.29. The number of ether oxygens (including phenoxy) is 2. The Hall–Kier alpha value is -3.98. The highest BCUT2D eigenvalue weighted by Crippen LogP contribution is 2.44. The summed E-state index contributed by atoms with van der Waals surface area (Å²) >= 11 is 0.979. The van der Waals surface area contributed by atoms with Gasteiger partial charge in [0.2, 0.25) is 0 Å². The molecule has 0 aliphatic carbocycles. The van der Waals surface area contributed by atoms with Crippen molar-refractivity contribution in [1.82, 2.24) is 4.98 Å². The third-order valence-electron chi connectivity index (χ3n) is 6.22. The van der Waals surface area contributed by atoms with Crippen molar-refractivity contribution in [2.45, 2.75) is 46.6 Å². The maximum atomic E-state index is 13.4. The van der Waals surface area contributed by atoms with Crippen LogP contribution < -0.4 is 9.64 Å². The Bertz CT molecular complexity index is 1400. The standard InChI is InChI=1S/C29H30N2O6S/c1-5-7-15-37-21-14-13-20(16-17(21)3)24(32)22-23(19-11-9-8-10-12-19)31(27(34)25(22)33)29-30-18(4)26(38-29)28(35)36-6-2/h8-14,16,23,32H,5-7,15H2,1-4H3/b24-22-. The number of aliphatic hydroxyl groups is 1. The van der Waals surface area contributed by atoms with Crippen molar-refractivity contribution in [3.63, 3.8) is 0 Å². The topological polar surface area (TPSA) is 106 Å². The van der Waals surface area contributed by atoms with E-state index in [9.17, 15) is 19.5 Å². The monoisotopic (exact) mass is 534 g/mol. The first-order valence-electron chi connectivity index (χ1n) is 12.5. The summed E-state index contributed by atoms with van der Waals surface area (Å²) in [5, 5.41) is 11.6. The van der Waals surface area contributed by atoms with Crippen LogP contribution in [0.5, 0.6) is 5.75 Å². The predicted octanol–water partition coefficient (Wildman–Crippen LogP) is 5.74. The molecule has 2 heterocycles. The van der Waals surface area contributed by atoms with Gasteiger partial charge < -0.3 is 14.6 Å². The summed E-state index contributed by atoms with van der Waals surface area (Å²) < 4.78 is 10.9. The van der Waals surface area contributed by atoms with Gasteiger partial charge in [0.1, 0.15) is 16.4 Å². The van der Waals surface area contributed by atoms with E-state index in [1.54, 1.807) is 56.3 Å². The molecule has 1 aliphatic rings. The number of nitrogens with zero attached hydrogens (tertiary/aromatic N) is 2. The Morgan fingerprint density at radius 3 is 2.50 bits per heavy atom. The van der Waals surface area contributed by atoms with Gasteiger partial charge >= 0.3 is 11.9 Å². The highest BCUT2D eigenvalue weighted by Gasteiger charge is 2.48. The van der Waals surface area contributed by atoms with Crippen LogP contribution in [-0.2, 0) is 14.3 Å². The molecular formula is C29H30N2O6S. The van der Waals surface area contributed by atoms with Gasteiger partial charge in [-0.1, -0.05) is 55.0 Å². The van der Waals surface area contributed by atoms with Crippen LogP contribution in [0.3, 0.4) is 0 Å². The van der Waals surface area contributed by atoms with Crippen LogP contribution in [0.25, 0.3) is 5.76 Å². The van der Waals surface area contributed by atoms with Gasteiger partial charge in [-0.05, 0) is 56.5 Å². The van der Waals surface area contributed by atoms with Crippen LogP contribution in [0.1, 0.15) is 64.8 Å². The van der Waals surface area contributed by atoms with Crippen LogP contribution in [0, 0.1) is 13.8 Å². The first-order valence-corrected chi connectivity index (χ1v) is 13.3. The zero-order chi connectivity index (χ0) is 27.4. The maximum absolute atomic E-state index is 13.4. The predicted molar refractivity (Wildman–Crippen MR) is 146 cm³/mol. The smallest absolute Gasteiger partial charge is 0.350 e. The molecule has 3 aromatic rings. The number of carbonyl (C=O) groups is 3. The molecule has 1 fully saturated rings. The summed E-state index contributed by atoms with van der Waals surface area (Å²) in [4.78, 5) is 45.1. The summed E-state index contributed by atoms with van der Waals surface area (Å²) in [6, 6.07) is 13.2. The third-order valence-corrected chi connectivity index (χ3v) is 7.35. The van der Waals surface area contributed by atoms with Gasteiger partial charge in [0.15, 0.2) is 5.13 Å². The van der Waals surface area contributed by atoms with Gasteiger partial charge in [-0.3, -0.25) is 14.5 Å². The van der Waals surface area contributed by atoms with Crippen LogP contribution >= 0.6 is 11.3 Å². The Kier molecular flexibility index (Phi) is 8.26. The number of benzene rings is 2. The molecular weight excluding hydrogens is 504 g/mol. The molecule has 0 bridgehead atoms. The number of aromatic nitrogens is 1. The third kappa shape index (κ3) is 5.19. The zero-order valence-electron chi connectivity index (χ0n) is 21.8. The molecule has 0 radical (unpaired) electrons. The second-order valence-electron chi connectivity index (χ2n) is 8.89. The van der Waals surface area contributed by atoms with Crippen molar-refractivity contribution >= 4 is 39.9 Å². The molecule has 1 aliphatic heterocycles. The number of aliphatic hydroxyl groups excluding tert-OH is 1. The van der Waals surface area contributed by atoms with Crippen LogP contribution in [0.4, 0.5) is 5.13 Å². The number of hydrogen-bond acceptors (Lipinski definition) is 8. The van der Waals surface area contributed by atoms with E-state index >= 15 is 0 Å². The minimum Gasteiger partial charge on any atom is -0.507 e. The summed E-state index contributed by atoms with van der Waals surface area (Å²) in [6.07, 6.45) is 1.94. The lowest BCUT2D eigenvalue weighted by Gasteiger charge is -2.23. The number of amides is 1. The summed E-state index contributed by atoms with van der Waals surface area (Å²) in [7, 11) is 0. The fourth-order valence-corrected chi connectivity index (χ4v) is 5.28. The van der Waals surface area contributed by atoms with Gasteiger partial charge in [-0.25, -0.2) is 9.78 Å². The minimum absolute atomic E-state index is 0.0502. The number of thiazole rings is 1. The number of anilines is 1. The van der Waals surface area contributed by atoms with Crippen molar-refractivity contribution in [2.75, 3.05) is 18.1 Å². The van der Waals surface area contributed by atoms with Crippen LogP contribution in [0.15, 0.2) is 54.1 Å². The lowest BCUT2D eigenvalue weighted by atomic mass is 9.95. The number of aryl methyl sites for hydroxylation is 2. The van der Waals surface area contributed by atoms with Crippen molar-refractivity contribution in [3.8, 4) is 5.75 Å². The first kappa shape index (κ1) is 27.1. The van der Waals surface area contributed by atoms with Gasteiger partial charge in [0, 0.05) is 5.56 Å². The Morgan fingerprint density at radius 2 is 1.84 bits per heavy atom. The van der Waals surface area contributed by atoms with E-state index in [4.69, 9.17) is 9.47 Å². The van der Waals surface area contributed by atoms with E-state index in [0.717, 1.165) is 29.7 Å². The Morgan fingerprint density at radius 1 is 1.11 bits per heavy atom. The summed E-state index contributed by atoms with van der Waals surface area (Å²) in [5.74, 6) is -1.80. The molecule has 1 unspecified atom stereocenters. The molecule has 1 amide bonds. The van der Waals surface area contributed by atoms with Crippen LogP contribution in [-0.4, -0.2) is 41.0 Å².